The third-order valence-electron chi connectivity index (χ3n) is 2.55. The Bertz CT molecular complexity index is 284. The van der Waals surface area contributed by atoms with E-state index in [4.69, 9.17) is 0 Å². The molecular weight excluding hydrogens is 214 g/mol. The lowest BCUT2D eigenvalue weighted by Gasteiger charge is -2.31. The van der Waals surface area contributed by atoms with E-state index in [9.17, 15) is 8.42 Å². The highest BCUT2D eigenvalue weighted by atomic mass is 32.2. The topological polar surface area (TPSA) is 61.4 Å². The standard InChI is InChI=1S/C9H21N3O2S/c1-8(2)11-15(13,14)12(3)9-5-4-6-10-7-9/h8-11H,4-7H2,1-3H3. The average Bonchev–Trinajstić information content (AvgIpc) is 2.16. The lowest BCUT2D eigenvalue weighted by molar-refractivity contribution is 0.296. The molecule has 1 unspecified atom stereocenters. The Morgan fingerprint density at radius 3 is 2.60 bits per heavy atom. The zero-order valence-corrected chi connectivity index (χ0v) is 10.5. The van der Waals surface area contributed by atoms with Crippen molar-refractivity contribution in [3.8, 4) is 0 Å². The van der Waals surface area contributed by atoms with Gasteiger partial charge < -0.3 is 5.32 Å². The summed E-state index contributed by atoms with van der Waals surface area (Å²) in [6.45, 7) is 5.38. The molecule has 5 nitrogen and oxygen atoms in total. The summed E-state index contributed by atoms with van der Waals surface area (Å²) >= 11 is 0. The molecule has 0 bridgehead atoms. The lowest BCUT2D eigenvalue weighted by atomic mass is 10.1. The molecule has 0 saturated carbocycles. The van der Waals surface area contributed by atoms with Crippen LogP contribution in [-0.2, 0) is 10.2 Å². The molecule has 6 heteroatoms. The van der Waals surface area contributed by atoms with E-state index in [1.54, 1.807) is 7.05 Å². The fraction of sp³-hybridized carbons (Fsp3) is 1.00. The van der Waals surface area contributed by atoms with Crippen molar-refractivity contribution in [2.75, 3.05) is 20.1 Å². The number of rotatable bonds is 4. The van der Waals surface area contributed by atoms with E-state index in [0.717, 1.165) is 25.9 Å². The van der Waals surface area contributed by atoms with Crippen LogP contribution in [-0.4, -0.2) is 44.9 Å². The number of piperidine rings is 1. The van der Waals surface area contributed by atoms with Crippen LogP contribution in [0.2, 0.25) is 0 Å². The maximum absolute atomic E-state index is 11.8. The molecular formula is C9H21N3O2S. The highest BCUT2D eigenvalue weighted by Gasteiger charge is 2.27. The first-order valence-corrected chi connectivity index (χ1v) is 6.83. The molecule has 15 heavy (non-hydrogen) atoms. The molecule has 0 spiro atoms. The number of likely N-dealkylation sites (N-methyl/N-ethyl adjacent to an activating group) is 1. The van der Waals surface area contributed by atoms with Gasteiger partial charge in [-0.3, -0.25) is 0 Å². The maximum Gasteiger partial charge on any atom is 0.279 e. The zero-order valence-electron chi connectivity index (χ0n) is 9.66. The second-order valence-electron chi connectivity index (χ2n) is 4.29. The van der Waals surface area contributed by atoms with Crippen LogP contribution in [0.15, 0.2) is 0 Å². The van der Waals surface area contributed by atoms with Crippen molar-refractivity contribution in [1.82, 2.24) is 14.3 Å². The summed E-state index contributed by atoms with van der Waals surface area (Å²) in [5.74, 6) is 0. The van der Waals surface area contributed by atoms with Crippen LogP contribution in [0, 0.1) is 0 Å². The Morgan fingerprint density at radius 2 is 2.13 bits per heavy atom. The van der Waals surface area contributed by atoms with E-state index < -0.39 is 10.2 Å². The minimum atomic E-state index is -3.32. The van der Waals surface area contributed by atoms with Crippen molar-refractivity contribution in [1.29, 1.82) is 0 Å². The van der Waals surface area contributed by atoms with E-state index in [0.29, 0.717) is 0 Å². The molecule has 1 rings (SSSR count). The monoisotopic (exact) mass is 235 g/mol. The first-order chi connectivity index (χ1) is 6.93. The van der Waals surface area contributed by atoms with Crippen molar-refractivity contribution in [3.63, 3.8) is 0 Å². The van der Waals surface area contributed by atoms with Crippen LogP contribution in [0.1, 0.15) is 26.7 Å². The molecule has 0 aromatic heterocycles. The van der Waals surface area contributed by atoms with Gasteiger partial charge in [0.2, 0.25) is 0 Å². The summed E-state index contributed by atoms with van der Waals surface area (Å²) in [6.07, 6.45) is 1.97. The fourth-order valence-electron chi connectivity index (χ4n) is 1.72. The SMILES string of the molecule is CC(C)NS(=O)(=O)N(C)C1CCCNC1. The summed E-state index contributed by atoms with van der Waals surface area (Å²) < 4.78 is 27.7. The van der Waals surface area contributed by atoms with Gasteiger partial charge in [0.25, 0.3) is 10.2 Å². The Hall–Kier alpha value is -0.170. The molecule has 1 aliphatic heterocycles. The molecule has 2 N–H and O–H groups in total. The third kappa shape index (κ3) is 3.71. The van der Waals surface area contributed by atoms with Gasteiger partial charge in [0, 0.05) is 25.7 Å². The highest BCUT2D eigenvalue weighted by Crippen LogP contribution is 2.11. The molecule has 0 aromatic carbocycles. The second-order valence-corrected chi connectivity index (χ2v) is 6.06. The fourth-order valence-corrected chi connectivity index (χ4v) is 3.06. The van der Waals surface area contributed by atoms with E-state index in [1.807, 2.05) is 13.8 Å². The maximum atomic E-state index is 11.8. The molecule has 90 valence electrons. The minimum absolute atomic E-state index is 0.0611. The van der Waals surface area contributed by atoms with Gasteiger partial charge in [-0.05, 0) is 33.2 Å². The van der Waals surface area contributed by atoms with Crippen LogP contribution < -0.4 is 10.0 Å². The van der Waals surface area contributed by atoms with Gasteiger partial charge in [0.15, 0.2) is 0 Å². The van der Waals surface area contributed by atoms with E-state index in [-0.39, 0.29) is 12.1 Å². The van der Waals surface area contributed by atoms with Crippen LogP contribution in [0.4, 0.5) is 0 Å². The summed E-state index contributed by atoms with van der Waals surface area (Å²) in [7, 11) is -1.67. The summed E-state index contributed by atoms with van der Waals surface area (Å²) in [5.41, 5.74) is 0. The number of hydrogen-bond acceptors (Lipinski definition) is 3. The molecule has 1 fully saturated rings. The summed E-state index contributed by atoms with van der Waals surface area (Å²) in [5, 5.41) is 3.21. The van der Waals surface area contributed by atoms with Crippen LogP contribution in [0.25, 0.3) is 0 Å². The first-order valence-electron chi connectivity index (χ1n) is 5.39. The highest BCUT2D eigenvalue weighted by molar-refractivity contribution is 7.87. The number of hydrogen-bond donors (Lipinski definition) is 2. The van der Waals surface area contributed by atoms with E-state index in [1.165, 1.54) is 4.31 Å². The molecule has 0 radical (unpaired) electrons. The smallest absolute Gasteiger partial charge is 0.279 e. The summed E-state index contributed by atoms with van der Waals surface area (Å²) in [4.78, 5) is 0. The minimum Gasteiger partial charge on any atom is -0.315 e. The zero-order chi connectivity index (χ0) is 11.5. The van der Waals surface area contributed by atoms with Gasteiger partial charge in [-0.25, -0.2) is 0 Å². The van der Waals surface area contributed by atoms with Gasteiger partial charge in [-0.2, -0.15) is 17.4 Å². The third-order valence-corrected chi connectivity index (χ3v) is 4.37. The molecule has 0 aliphatic carbocycles. The molecule has 0 aromatic rings. The quantitative estimate of drug-likeness (QED) is 0.716. The summed E-state index contributed by atoms with van der Waals surface area (Å²) in [6, 6.07) is 0.0176. The predicted molar refractivity (Wildman–Crippen MR) is 60.8 cm³/mol. The predicted octanol–water partition coefficient (Wildman–Crippen LogP) is -0.0870. The van der Waals surface area contributed by atoms with Crippen LogP contribution in [0.3, 0.4) is 0 Å². The van der Waals surface area contributed by atoms with Gasteiger partial charge in [0.1, 0.15) is 0 Å². The van der Waals surface area contributed by atoms with Gasteiger partial charge >= 0.3 is 0 Å². The van der Waals surface area contributed by atoms with Crippen LogP contribution in [0.5, 0.6) is 0 Å². The van der Waals surface area contributed by atoms with Crippen molar-refractivity contribution >= 4 is 10.2 Å². The van der Waals surface area contributed by atoms with Crippen molar-refractivity contribution < 1.29 is 8.42 Å². The Kier molecular flexibility index (Phi) is 4.51. The van der Waals surface area contributed by atoms with Gasteiger partial charge in [-0.15, -0.1) is 0 Å². The average molecular weight is 235 g/mol. The second kappa shape index (κ2) is 5.25. The van der Waals surface area contributed by atoms with Crippen molar-refractivity contribution in [2.24, 2.45) is 0 Å². The van der Waals surface area contributed by atoms with Crippen molar-refractivity contribution in [2.45, 2.75) is 38.8 Å². The lowest BCUT2D eigenvalue weighted by Crippen LogP contribution is -2.51. The Balaban J connectivity index is 2.61. The van der Waals surface area contributed by atoms with Gasteiger partial charge in [0.05, 0.1) is 0 Å². The largest absolute Gasteiger partial charge is 0.315 e. The molecule has 1 saturated heterocycles. The van der Waals surface area contributed by atoms with Gasteiger partial charge in [-0.1, -0.05) is 0 Å². The number of nitrogens with zero attached hydrogens (tertiary/aromatic N) is 1. The van der Waals surface area contributed by atoms with Crippen LogP contribution >= 0.6 is 0 Å². The molecule has 1 aliphatic rings. The Morgan fingerprint density at radius 1 is 1.47 bits per heavy atom. The number of nitrogens with one attached hydrogen (secondary N) is 2. The Labute approximate surface area is 92.4 Å². The van der Waals surface area contributed by atoms with Crippen molar-refractivity contribution in [3.05, 3.63) is 0 Å². The normalized spacial score (nSPS) is 23.7. The molecule has 0 amide bonds. The molecule has 1 atom stereocenters. The van der Waals surface area contributed by atoms with E-state index >= 15 is 0 Å². The molecule has 1 heterocycles. The van der Waals surface area contributed by atoms with E-state index in [2.05, 4.69) is 10.0 Å². The first kappa shape index (κ1) is 12.9.